The van der Waals surface area contributed by atoms with Gasteiger partial charge in [0.2, 0.25) is 0 Å². The van der Waals surface area contributed by atoms with Gasteiger partial charge in [0.1, 0.15) is 13.2 Å². The molecule has 404 valence electrons. The quantitative estimate of drug-likeness (QED) is 0.0261. The Morgan fingerprint density at radius 3 is 0.944 bits per heavy atom. The van der Waals surface area contributed by atoms with Gasteiger partial charge in [-0.1, -0.05) is 259 Å². The van der Waals surface area contributed by atoms with Crippen molar-refractivity contribution in [3.05, 3.63) is 109 Å². The third kappa shape index (κ3) is 56.9. The normalized spacial score (nSPS) is 12.9. The number of hydrogen-bond donors (Lipinski definition) is 0. The molecule has 0 fully saturated rings. The van der Waals surface area contributed by atoms with E-state index < -0.39 is 12.1 Å². The molecule has 0 bridgehead atoms. The minimum Gasteiger partial charge on any atom is -0.462 e. The third-order valence-corrected chi connectivity index (χ3v) is 12.3. The van der Waals surface area contributed by atoms with Crippen LogP contribution in [0.25, 0.3) is 0 Å². The second kappa shape index (κ2) is 58.6. The average Bonchev–Trinajstić information content (AvgIpc) is 3.37. The van der Waals surface area contributed by atoms with Gasteiger partial charge in [0.05, 0.1) is 0 Å². The molecule has 0 radical (unpaired) electrons. The van der Waals surface area contributed by atoms with Gasteiger partial charge < -0.3 is 14.2 Å². The summed E-state index contributed by atoms with van der Waals surface area (Å²) in [5.74, 6) is -1.04. The van der Waals surface area contributed by atoms with E-state index in [0.717, 1.165) is 83.5 Å². The van der Waals surface area contributed by atoms with Gasteiger partial charge >= 0.3 is 17.9 Å². The van der Waals surface area contributed by atoms with Crippen LogP contribution in [0.1, 0.15) is 265 Å². The number of allylic oxidation sites excluding steroid dienone is 18. The molecule has 0 amide bonds. The molecule has 0 aromatic rings. The maximum absolute atomic E-state index is 12.8. The number of carbonyl (C=O) groups excluding carboxylic acids is 3. The Bertz CT molecular complexity index is 1460. The number of carbonyl (C=O) groups is 3. The summed E-state index contributed by atoms with van der Waals surface area (Å²) in [4.78, 5) is 38.1. The van der Waals surface area contributed by atoms with Gasteiger partial charge in [0, 0.05) is 19.3 Å². The van der Waals surface area contributed by atoms with E-state index in [0.29, 0.717) is 25.7 Å². The van der Waals surface area contributed by atoms with E-state index in [1.54, 1.807) is 0 Å². The highest BCUT2D eigenvalue weighted by Crippen LogP contribution is 2.16. The standard InChI is InChI=1S/C65H108O6/c1-4-7-10-13-16-19-22-25-28-30-32-34-37-40-43-46-49-52-55-58-64(67)70-61-62(60-69-63(66)57-54-51-48-45-42-39-36-27-24-21-18-15-12-9-6-3)71-65(68)59-56-53-50-47-44-41-38-35-33-31-29-26-23-20-17-14-11-8-5-2/h8,11,17-18,20-21,26-27,29,33,35-36,41-42,44-45,50,53,62H,4-7,9-10,12-16,19,22-25,28,30-32,34,37-40,43,46-49,51-52,54-61H2,1-3H3/b11-8-,20-17-,21-18-,29-26-,35-33-,36-27-,44-41-,45-42-,53-50-/t62-/m1/s1. The second-order valence-corrected chi connectivity index (χ2v) is 19.2. The van der Waals surface area contributed by atoms with E-state index >= 15 is 0 Å². The number of rotatable bonds is 52. The Labute approximate surface area is 438 Å². The van der Waals surface area contributed by atoms with Crippen molar-refractivity contribution in [3.63, 3.8) is 0 Å². The van der Waals surface area contributed by atoms with Crippen molar-refractivity contribution >= 4 is 17.9 Å². The Hall–Kier alpha value is -3.93. The summed E-state index contributed by atoms with van der Waals surface area (Å²) in [6, 6.07) is 0. The van der Waals surface area contributed by atoms with Crippen LogP contribution in [0.4, 0.5) is 0 Å². The van der Waals surface area contributed by atoms with Crippen LogP contribution >= 0.6 is 0 Å². The highest BCUT2D eigenvalue weighted by molar-refractivity contribution is 5.71. The molecule has 0 heterocycles. The summed E-state index contributed by atoms with van der Waals surface area (Å²) >= 11 is 0. The summed E-state index contributed by atoms with van der Waals surface area (Å²) in [5, 5.41) is 0. The van der Waals surface area contributed by atoms with Crippen LogP contribution in [0.2, 0.25) is 0 Å². The first-order valence-corrected chi connectivity index (χ1v) is 29.4. The van der Waals surface area contributed by atoms with Crippen LogP contribution < -0.4 is 0 Å². The molecule has 0 aliphatic carbocycles. The van der Waals surface area contributed by atoms with Gasteiger partial charge in [-0.25, -0.2) is 0 Å². The van der Waals surface area contributed by atoms with Crippen LogP contribution in [0.3, 0.4) is 0 Å². The highest BCUT2D eigenvalue weighted by Gasteiger charge is 2.19. The summed E-state index contributed by atoms with van der Waals surface area (Å²) in [6.45, 7) is 6.42. The SMILES string of the molecule is CC/C=C\C/C=C\C/C=C\C/C=C\C/C=C\C/C=C\CCC(=O)O[C@H](COC(=O)CCCC/C=C\C/C=C\C/C=C\CCCCC)COC(=O)CCCCCCCCCCCCCCCCCCCCC. The van der Waals surface area contributed by atoms with Crippen LogP contribution in [0, 0.1) is 0 Å². The summed E-state index contributed by atoms with van der Waals surface area (Å²) in [6.07, 6.45) is 79.5. The van der Waals surface area contributed by atoms with Crippen molar-refractivity contribution < 1.29 is 28.6 Å². The minimum absolute atomic E-state index is 0.120. The zero-order valence-electron chi connectivity index (χ0n) is 46.2. The molecule has 0 saturated heterocycles. The Balaban J connectivity index is 4.53. The van der Waals surface area contributed by atoms with E-state index in [9.17, 15) is 14.4 Å². The van der Waals surface area contributed by atoms with Gasteiger partial charge in [-0.15, -0.1) is 0 Å². The topological polar surface area (TPSA) is 78.9 Å². The van der Waals surface area contributed by atoms with Gasteiger partial charge in [0.15, 0.2) is 6.10 Å². The molecule has 1 atom stereocenters. The molecule has 6 nitrogen and oxygen atoms in total. The summed E-state index contributed by atoms with van der Waals surface area (Å²) < 4.78 is 16.8. The number of esters is 3. The molecule has 0 saturated carbocycles. The van der Waals surface area contributed by atoms with Gasteiger partial charge in [-0.05, 0) is 96.3 Å². The average molecular weight is 986 g/mol. The van der Waals surface area contributed by atoms with Gasteiger partial charge in [-0.2, -0.15) is 0 Å². The predicted octanol–water partition coefficient (Wildman–Crippen LogP) is 19.9. The molecule has 0 aromatic heterocycles. The fourth-order valence-corrected chi connectivity index (χ4v) is 7.89. The monoisotopic (exact) mass is 985 g/mol. The lowest BCUT2D eigenvalue weighted by Gasteiger charge is -2.18. The lowest BCUT2D eigenvalue weighted by Crippen LogP contribution is -2.30. The van der Waals surface area contributed by atoms with Crippen molar-refractivity contribution in [2.45, 2.75) is 271 Å². The lowest BCUT2D eigenvalue weighted by molar-refractivity contribution is -0.166. The Morgan fingerprint density at radius 1 is 0.296 bits per heavy atom. The first kappa shape index (κ1) is 67.1. The first-order valence-electron chi connectivity index (χ1n) is 29.4. The summed E-state index contributed by atoms with van der Waals surface area (Å²) in [7, 11) is 0. The molecule has 0 spiro atoms. The van der Waals surface area contributed by atoms with Crippen LogP contribution in [-0.2, 0) is 28.6 Å². The fraction of sp³-hybridized carbons (Fsp3) is 0.677. The third-order valence-electron chi connectivity index (χ3n) is 12.3. The fourth-order valence-electron chi connectivity index (χ4n) is 7.89. The van der Waals surface area contributed by atoms with E-state index in [1.807, 2.05) is 12.2 Å². The maximum atomic E-state index is 12.8. The van der Waals surface area contributed by atoms with Crippen LogP contribution in [-0.4, -0.2) is 37.2 Å². The largest absolute Gasteiger partial charge is 0.462 e. The molecule has 0 N–H and O–H groups in total. The molecular formula is C65H108O6. The van der Waals surface area contributed by atoms with E-state index in [1.165, 1.54) is 128 Å². The Kier molecular flexibility index (Phi) is 55.4. The number of ether oxygens (including phenoxy) is 3. The van der Waals surface area contributed by atoms with Crippen LogP contribution in [0.15, 0.2) is 109 Å². The van der Waals surface area contributed by atoms with Crippen molar-refractivity contribution in [2.24, 2.45) is 0 Å². The number of hydrogen-bond acceptors (Lipinski definition) is 6. The molecule has 6 heteroatoms. The highest BCUT2D eigenvalue weighted by atomic mass is 16.6. The van der Waals surface area contributed by atoms with Crippen molar-refractivity contribution in [3.8, 4) is 0 Å². The van der Waals surface area contributed by atoms with E-state index in [2.05, 4.69) is 118 Å². The predicted molar refractivity (Wildman–Crippen MR) is 307 cm³/mol. The molecule has 0 aliphatic heterocycles. The maximum Gasteiger partial charge on any atom is 0.306 e. The van der Waals surface area contributed by atoms with Crippen molar-refractivity contribution in [1.82, 2.24) is 0 Å². The van der Waals surface area contributed by atoms with Crippen LogP contribution in [0.5, 0.6) is 0 Å². The van der Waals surface area contributed by atoms with Crippen molar-refractivity contribution in [1.29, 1.82) is 0 Å². The van der Waals surface area contributed by atoms with Gasteiger partial charge in [-0.3, -0.25) is 14.4 Å². The molecule has 0 aliphatic rings. The zero-order chi connectivity index (χ0) is 51.4. The number of unbranched alkanes of at least 4 members (excludes halogenated alkanes) is 23. The molecule has 71 heavy (non-hydrogen) atoms. The minimum atomic E-state index is -0.835. The van der Waals surface area contributed by atoms with Gasteiger partial charge in [0.25, 0.3) is 0 Å². The molecule has 0 aromatic carbocycles. The first-order chi connectivity index (χ1) is 35.0. The molecular weight excluding hydrogens is 877 g/mol. The molecule has 0 unspecified atom stereocenters. The smallest absolute Gasteiger partial charge is 0.306 e. The lowest BCUT2D eigenvalue weighted by atomic mass is 10.0. The van der Waals surface area contributed by atoms with E-state index in [-0.39, 0.29) is 31.6 Å². The zero-order valence-corrected chi connectivity index (χ0v) is 46.2. The second-order valence-electron chi connectivity index (χ2n) is 19.2. The molecule has 0 rings (SSSR count). The summed E-state index contributed by atoms with van der Waals surface area (Å²) in [5.41, 5.74) is 0. The van der Waals surface area contributed by atoms with Crippen molar-refractivity contribution in [2.75, 3.05) is 13.2 Å². The van der Waals surface area contributed by atoms with E-state index in [4.69, 9.17) is 14.2 Å². The Morgan fingerprint density at radius 2 is 0.577 bits per heavy atom.